The van der Waals surface area contributed by atoms with Crippen molar-refractivity contribution in [1.82, 2.24) is 4.57 Å². The van der Waals surface area contributed by atoms with E-state index in [0.717, 1.165) is 35.0 Å². The second-order valence-corrected chi connectivity index (χ2v) is 4.64. The number of aromatic nitrogens is 1. The van der Waals surface area contributed by atoms with Crippen molar-refractivity contribution in [1.29, 1.82) is 0 Å². The summed E-state index contributed by atoms with van der Waals surface area (Å²) in [6.07, 6.45) is 2.92. The molecule has 18 heavy (non-hydrogen) atoms. The zero-order valence-corrected chi connectivity index (χ0v) is 10.5. The molecule has 0 fully saturated rings. The highest BCUT2D eigenvalue weighted by Crippen LogP contribution is 2.22. The molecule has 0 aliphatic heterocycles. The molecular weight excluding hydrogens is 226 g/mol. The van der Waals surface area contributed by atoms with E-state index in [9.17, 15) is 4.79 Å². The van der Waals surface area contributed by atoms with Gasteiger partial charge < -0.3 is 9.67 Å². The van der Waals surface area contributed by atoms with Gasteiger partial charge in [-0.05, 0) is 25.0 Å². The second kappa shape index (κ2) is 5.08. The number of allylic oxidation sites excluding steroid dienone is 1. The topological polar surface area (TPSA) is 42.2 Å². The number of fused-ring (bicyclic) bond motifs is 1. The molecule has 1 aromatic carbocycles. The summed E-state index contributed by atoms with van der Waals surface area (Å²) in [6, 6.07) is 7.92. The molecule has 3 nitrogen and oxygen atoms in total. The third kappa shape index (κ3) is 2.62. The van der Waals surface area contributed by atoms with Crippen LogP contribution >= 0.6 is 0 Å². The van der Waals surface area contributed by atoms with Gasteiger partial charge in [0.1, 0.15) is 0 Å². The maximum Gasteiger partial charge on any atom is 0.307 e. The van der Waals surface area contributed by atoms with Crippen LogP contribution in [0, 0.1) is 0 Å². The molecule has 0 amide bonds. The Morgan fingerprint density at radius 3 is 2.78 bits per heavy atom. The first-order valence-corrected chi connectivity index (χ1v) is 6.01. The minimum atomic E-state index is -0.794. The van der Waals surface area contributed by atoms with Gasteiger partial charge in [-0.3, -0.25) is 4.79 Å². The molecule has 0 radical (unpaired) electrons. The van der Waals surface area contributed by atoms with Gasteiger partial charge in [0.15, 0.2) is 0 Å². The van der Waals surface area contributed by atoms with Crippen molar-refractivity contribution in [3.05, 3.63) is 48.2 Å². The van der Waals surface area contributed by atoms with Crippen molar-refractivity contribution in [2.45, 2.75) is 26.3 Å². The molecule has 3 heteroatoms. The average molecular weight is 243 g/mol. The van der Waals surface area contributed by atoms with Crippen LogP contribution < -0.4 is 0 Å². The number of rotatable bonds is 5. The monoisotopic (exact) mass is 243 g/mol. The van der Waals surface area contributed by atoms with Crippen LogP contribution in [0.1, 0.15) is 18.9 Å². The lowest BCUT2D eigenvalue weighted by Crippen LogP contribution is -1.99. The van der Waals surface area contributed by atoms with Crippen molar-refractivity contribution in [2.75, 3.05) is 0 Å². The van der Waals surface area contributed by atoms with Crippen LogP contribution in [-0.2, 0) is 17.8 Å². The maximum absolute atomic E-state index is 10.9. The summed E-state index contributed by atoms with van der Waals surface area (Å²) in [5, 5.41) is 9.96. The fraction of sp³-hybridized carbons (Fsp3) is 0.267. The normalized spacial score (nSPS) is 10.7. The lowest BCUT2D eigenvalue weighted by molar-refractivity contribution is -0.136. The molecule has 2 aromatic rings. The molecule has 2 rings (SSSR count). The number of nitrogens with zero attached hydrogens (tertiary/aromatic N) is 1. The molecule has 0 bridgehead atoms. The first-order valence-electron chi connectivity index (χ1n) is 6.01. The Balaban J connectivity index is 2.40. The third-order valence-electron chi connectivity index (χ3n) is 2.99. The van der Waals surface area contributed by atoms with E-state index in [2.05, 4.69) is 11.1 Å². The molecule has 1 aromatic heterocycles. The summed E-state index contributed by atoms with van der Waals surface area (Å²) in [5.41, 5.74) is 3.10. The second-order valence-electron chi connectivity index (χ2n) is 4.64. The fourth-order valence-corrected chi connectivity index (χ4v) is 2.12. The molecule has 0 saturated carbocycles. The van der Waals surface area contributed by atoms with E-state index < -0.39 is 5.97 Å². The van der Waals surface area contributed by atoms with Gasteiger partial charge in [-0.1, -0.05) is 23.8 Å². The van der Waals surface area contributed by atoms with E-state index in [4.69, 9.17) is 5.11 Å². The van der Waals surface area contributed by atoms with Gasteiger partial charge in [-0.2, -0.15) is 0 Å². The number of carboxylic acids is 1. The van der Waals surface area contributed by atoms with Crippen molar-refractivity contribution in [3.8, 4) is 0 Å². The van der Waals surface area contributed by atoms with E-state index in [1.165, 1.54) is 0 Å². The van der Waals surface area contributed by atoms with Gasteiger partial charge in [0.25, 0.3) is 0 Å². The number of benzene rings is 1. The SMILES string of the molecule is C=C(C)CCn1cc(CC(=O)O)c2ccccc21. The van der Waals surface area contributed by atoms with Crippen molar-refractivity contribution >= 4 is 16.9 Å². The van der Waals surface area contributed by atoms with Crippen LogP contribution in [-0.4, -0.2) is 15.6 Å². The van der Waals surface area contributed by atoms with Gasteiger partial charge in [0.2, 0.25) is 0 Å². The van der Waals surface area contributed by atoms with Crippen molar-refractivity contribution in [2.24, 2.45) is 0 Å². The Bertz CT molecular complexity index is 596. The van der Waals surface area contributed by atoms with Crippen LogP contribution in [0.4, 0.5) is 0 Å². The Morgan fingerprint density at radius 2 is 2.11 bits per heavy atom. The fourth-order valence-electron chi connectivity index (χ4n) is 2.12. The molecule has 0 saturated heterocycles. The Morgan fingerprint density at radius 1 is 1.39 bits per heavy atom. The Kier molecular flexibility index (Phi) is 3.51. The molecule has 1 N–H and O–H groups in total. The molecule has 0 atom stereocenters. The van der Waals surface area contributed by atoms with E-state index in [1.807, 2.05) is 37.4 Å². The first-order chi connectivity index (χ1) is 8.58. The molecule has 94 valence electrons. The van der Waals surface area contributed by atoms with Gasteiger partial charge in [0, 0.05) is 23.6 Å². The van der Waals surface area contributed by atoms with E-state index in [1.54, 1.807) is 0 Å². The van der Waals surface area contributed by atoms with Crippen LogP contribution in [0.3, 0.4) is 0 Å². The number of hydrogen-bond donors (Lipinski definition) is 1. The van der Waals surface area contributed by atoms with E-state index in [-0.39, 0.29) is 6.42 Å². The van der Waals surface area contributed by atoms with Gasteiger partial charge in [-0.15, -0.1) is 6.58 Å². The van der Waals surface area contributed by atoms with Crippen LogP contribution in [0.15, 0.2) is 42.6 Å². The zero-order chi connectivity index (χ0) is 13.1. The largest absolute Gasteiger partial charge is 0.481 e. The van der Waals surface area contributed by atoms with Crippen LogP contribution in [0.2, 0.25) is 0 Å². The number of aryl methyl sites for hydroxylation is 1. The van der Waals surface area contributed by atoms with Gasteiger partial charge >= 0.3 is 5.97 Å². The van der Waals surface area contributed by atoms with E-state index >= 15 is 0 Å². The van der Waals surface area contributed by atoms with Crippen LogP contribution in [0.5, 0.6) is 0 Å². The summed E-state index contributed by atoms with van der Waals surface area (Å²) < 4.78 is 2.11. The molecular formula is C15H17NO2. The molecule has 0 aliphatic rings. The van der Waals surface area contributed by atoms with Crippen molar-refractivity contribution in [3.63, 3.8) is 0 Å². The quantitative estimate of drug-likeness (QED) is 0.819. The van der Waals surface area contributed by atoms with E-state index in [0.29, 0.717) is 0 Å². The molecule has 0 unspecified atom stereocenters. The number of hydrogen-bond acceptors (Lipinski definition) is 1. The highest BCUT2D eigenvalue weighted by Gasteiger charge is 2.10. The smallest absolute Gasteiger partial charge is 0.307 e. The molecule has 0 aliphatic carbocycles. The lowest BCUT2D eigenvalue weighted by atomic mass is 10.1. The highest BCUT2D eigenvalue weighted by molar-refractivity contribution is 5.87. The lowest BCUT2D eigenvalue weighted by Gasteiger charge is -2.04. The summed E-state index contributed by atoms with van der Waals surface area (Å²) in [5.74, 6) is -0.794. The predicted molar refractivity (Wildman–Crippen MR) is 72.7 cm³/mol. The summed E-state index contributed by atoms with van der Waals surface area (Å²) >= 11 is 0. The number of para-hydroxylation sites is 1. The zero-order valence-electron chi connectivity index (χ0n) is 10.5. The third-order valence-corrected chi connectivity index (χ3v) is 2.99. The summed E-state index contributed by atoms with van der Waals surface area (Å²) in [6.45, 7) is 6.74. The molecule has 1 heterocycles. The number of aliphatic carboxylic acids is 1. The maximum atomic E-state index is 10.9. The average Bonchev–Trinajstić information content (AvgIpc) is 2.65. The summed E-state index contributed by atoms with van der Waals surface area (Å²) in [4.78, 5) is 10.9. The van der Waals surface area contributed by atoms with Gasteiger partial charge in [0.05, 0.1) is 6.42 Å². The van der Waals surface area contributed by atoms with Gasteiger partial charge in [-0.25, -0.2) is 0 Å². The highest BCUT2D eigenvalue weighted by atomic mass is 16.4. The number of carboxylic acid groups (broad SMARTS) is 1. The summed E-state index contributed by atoms with van der Waals surface area (Å²) in [7, 11) is 0. The molecule has 0 spiro atoms. The van der Waals surface area contributed by atoms with Crippen molar-refractivity contribution < 1.29 is 9.90 Å². The minimum absolute atomic E-state index is 0.0700. The predicted octanol–water partition coefficient (Wildman–Crippen LogP) is 3.23. The first kappa shape index (κ1) is 12.4. The minimum Gasteiger partial charge on any atom is -0.481 e. The Hall–Kier alpha value is -2.03. The standard InChI is InChI=1S/C15H17NO2/c1-11(2)7-8-16-10-12(9-15(17)18)13-5-3-4-6-14(13)16/h3-6,10H,1,7-9H2,2H3,(H,17,18). The van der Waals surface area contributed by atoms with Crippen LogP contribution in [0.25, 0.3) is 10.9 Å². The Labute approximate surface area is 106 Å². The number of carbonyl (C=O) groups is 1.